The first-order chi connectivity index (χ1) is 21.8. The van der Waals surface area contributed by atoms with Crippen LogP contribution in [-0.4, -0.2) is 104 Å². The Hall–Kier alpha value is -1.70. The molecule has 5 rings (SSSR count). The number of aliphatic hydroxyl groups is 7. The van der Waals surface area contributed by atoms with Crippen molar-refractivity contribution in [3.63, 3.8) is 0 Å². The molecule has 0 unspecified atom stereocenters. The molecule has 47 heavy (non-hydrogen) atoms. The van der Waals surface area contributed by atoms with Crippen molar-refractivity contribution in [1.82, 2.24) is 0 Å². The van der Waals surface area contributed by atoms with Crippen LogP contribution in [-0.2, 0) is 19.1 Å². The SMILES string of the molecule is CC(=O)[C@H](C)CC[C@@]1(C(=O)O[C@@H]2O[C@H](CO)[C@@H](O)[C@H](O)[C@H]2O)C=C2C=C[C@@H]3[C@@]4(C)C[C@@H](O)[C@H](O)[C@@](C)(CO)[C@@H]4CC[C@@]3(C)[C@]2(C)CC1. The fraction of sp³-hybridized carbons (Fsp3) is 0.833. The van der Waals surface area contributed by atoms with Gasteiger partial charge in [0.2, 0.25) is 6.29 Å². The van der Waals surface area contributed by atoms with Gasteiger partial charge in [-0.3, -0.25) is 9.59 Å². The molecule has 2 saturated carbocycles. The van der Waals surface area contributed by atoms with Gasteiger partial charge in [0.15, 0.2) is 0 Å². The molecule has 15 atom stereocenters. The summed E-state index contributed by atoms with van der Waals surface area (Å²) in [5.41, 5.74) is -2.11. The fourth-order valence-electron chi connectivity index (χ4n) is 10.4. The number of allylic oxidation sites excluding steroid dienone is 3. The predicted molar refractivity (Wildman–Crippen MR) is 170 cm³/mol. The molecule has 0 aromatic carbocycles. The molecule has 7 N–H and O–H groups in total. The minimum absolute atomic E-state index is 0.00309. The van der Waals surface area contributed by atoms with E-state index in [1.165, 1.54) is 6.92 Å². The third-order valence-electron chi connectivity index (χ3n) is 14.0. The fourth-order valence-corrected chi connectivity index (χ4v) is 10.4. The summed E-state index contributed by atoms with van der Waals surface area (Å²) in [7, 11) is 0. The Morgan fingerprint density at radius 1 is 1.00 bits per heavy atom. The van der Waals surface area contributed by atoms with Crippen molar-refractivity contribution in [2.75, 3.05) is 13.2 Å². The number of carbonyl (C=O) groups excluding carboxylic acids is 2. The number of fused-ring (bicyclic) bond motifs is 5. The lowest BCUT2D eigenvalue weighted by Gasteiger charge is -2.69. The van der Waals surface area contributed by atoms with Crippen molar-refractivity contribution >= 4 is 11.8 Å². The van der Waals surface area contributed by atoms with Crippen molar-refractivity contribution in [1.29, 1.82) is 0 Å². The third kappa shape index (κ3) is 5.48. The highest BCUT2D eigenvalue weighted by Gasteiger charge is 2.68. The summed E-state index contributed by atoms with van der Waals surface area (Å²) in [5, 5.41) is 73.4. The Bertz CT molecular complexity index is 1280. The van der Waals surface area contributed by atoms with Gasteiger partial charge in [-0.25, -0.2) is 0 Å². The van der Waals surface area contributed by atoms with E-state index in [-0.39, 0.29) is 41.0 Å². The predicted octanol–water partition coefficient (Wildman–Crippen LogP) is 1.78. The molecular formula is C36H56O11. The van der Waals surface area contributed by atoms with E-state index in [1.54, 1.807) is 0 Å². The summed E-state index contributed by atoms with van der Waals surface area (Å²) in [6, 6.07) is 0. The van der Waals surface area contributed by atoms with Crippen molar-refractivity contribution in [3.05, 3.63) is 23.8 Å². The number of hydrogen-bond donors (Lipinski definition) is 7. The maximum atomic E-state index is 14.2. The quantitative estimate of drug-likeness (QED) is 0.187. The maximum absolute atomic E-state index is 14.2. The lowest BCUT2D eigenvalue weighted by Crippen LogP contribution is -2.67. The number of hydrogen-bond acceptors (Lipinski definition) is 11. The summed E-state index contributed by atoms with van der Waals surface area (Å²) in [6.07, 6.45) is 0.0829. The molecule has 1 heterocycles. The van der Waals surface area contributed by atoms with E-state index in [9.17, 15) is 45.3 Å². The first kappa shape index (κ1) is 36.6. The first-order valence-corrected chi connectivity index (χ1v) is 17.3. The van der Waals surface area contributed by atoms with Crippen LogP contribution in [0.1, 0.15) is 86.5 Å². The highest BCUT2D eigenvalue weighted by atomic mass is 16.7. The average molecular weight is 665 g/mol. The number of carbonyl (C=O) groups is 2. The summed E-state index contributed by atoms with van der Waals surface area (Å²) in [5.74, 6) is -0.962. The summed E-state index contributed by atoms with van der Waals surface area (Å²) >= 11 is 0. The van der Waals surface area contributed by atoms with Crippen LogP contribution in [0.4, 0.5) is 0 Å². The van der Waals surface area contributed by atoms with Crippen LogP contribution in [0.5, 0.6) is 0 Å². The molecule has 266 valence electrons. The highest BCUT2D eigenvalue weighted by Crippen LogP contribution is 2.72. The number of Topliss-reactive ketones (excluding diaryl/α,β-unsaturated/α-hetero) is 1. The van der Waals surface area contributed by atoms with Gasteiger partial charge in [-0.1, -0.05) is 52.8 Å². The zero-order valence-corrected chi connectivity index (χ0v) is 28.6. The zero-order valence-electron chi connectivity index (χ0n) is 28.6. The Balaban J connectivity index is 1.53. The van der Waals surface area contributed by atoms with Crippen molar-refractivity contribution in [2.24, 2.45) is 44.8 Å². The second kappa shape index (κ2) is 12.6. The van der Waals surface area contributed by atoms with Crippen LogP contribution in [0.15, 0.2) is 23.8 Å². The van der Waals surface area contributed by atoms with E-state index in [0.29, 0.717) is 32.1 Å². The molecule has 5 aliphatic rings. The molecule has 0 aromatic rings. The molecule has 0 radical (unpaired) electrons. The standard InChI is InChI=1S/C36H56O11/c1-19(20(2)39)9-12-36(31(45)47-30-28(43)27(42)26(41)23(17-37)46-30)14-13-34(5)21(15-36)7-8-25-32(3)16-22(40)29(44)33(4,18-38)24(32)10-11-35(25,34)6/h7-8,15,19,22-30,37-38,40-44H,9-14,16-18H2,1-6H3/t19-,22-,23-,24-,25-,26-,27+,28-,29+,30+,32+,33+,34-,35-,36+/m1/s1. The number of esters is 1. The number of aliphatic hydroxyl groups excluding tert-OH is 7. The second-order valence-corrected chi connectivity index (χ2v) is 16.5. The van der Waals surface area contributed by atoms with Crippen LogP contribution in [0.25, 0.3) is 0 Å². The highest BCUT2D eigenvalue weighted by molar-refractivity contribution is 5.81. The van der Waals surface area contributed by atoms with Gasteiger partial charge in [0.1, 0.15) is 30.2 Å². The van der Waals surface area contributed by atoms with Crippen LogP contribution >= 0.6 is 0 Å². The Labute approximate surface area is 277 Å². The topological polar surface area (TPSA) is 194 Å². The van der Waals surface area contributed by atoms with Gasteiger partial charge in [-0.15, -0.1) is 0 Å². The summed E-state index contributed by atoms with van der Waals surface area (Å²) in [4.78, 5) is 26.4. The minimum atomic E-state index is -1.73. The Morgan fingerprint density at radius 2 is 1.68 bits per heavy atom. The third-order valence-corrected chi connectivity index (χ3v) is 14.0. The monoisotopic (exact) mass is 664 g/mol. The number of ketones is 1. The van der Waals surface area contributed by atoms with Crippen LogP contribution in [0.3, 0.4) is 0 Å². The summed E-state index contributed by atoms with van der Waals surface area (Å²) < 4.78 is 11.3. The molecule has 11 nitrogen and oxygen atoms in total. The molecule has 0 amide bonds. The molecule has 0 bridgehead atoms. The molecule has 0 aromatic heterocycles. The van der Waals surface area contributed by atoms with Gasteiger partial charge in [-0.2, -0.15) is 0 Å². The van der Waals surface area contributed by atoms with E-state index < -0.39 is 71.7 Å². The molecule has 4 aliphatic carbocycles. The van der Waals surface area contributed by atoms with Crippen LogP contribution < -0.4 is 0 Å². The molecule has 1 aliphatic heterocycles. The van der Waals surface area contributed by atoms with Gasteiger partial charge in [0, 0.05) is 11.3 Å². The van der Waals surface area contributed by atoms with Crippen molar-refractivity contribution in [3.8, 4) is 0 Å². The normalized spacial score (nSPS) is 50.0. The zero-order chi connectivity index (χ0) is 34.9. The lowest BCUT2D eigenvalue weighted by molar-refractivity contribution is -0.295. The summed E-state index contributed by atoms with van der Waals surface area (Å²) in [6.45, 7) is 11.0. The van der Waals surface area contributed by atoms with E-state index in [0.717, 1.165) is 18.4 Å². The van der Waals surface area contributed by atoms with E-state index in [2.05, 4.69) is 32.9 Å². The smallest absolute Gasteiger partial charge is 0.318 e. The first-order valence-electron chi connectivity index (χ1n) is 17.3. The van der Waals surface area contributed by atoms with Gasteiger partial charge < -0.3 is 45.2 Å². The van der Waals surface area contributed by atoms with E-state index in [1.807, 2.05) is 19.9 Å². The van der Waals surface area contributed by atoms with Crippen molar-refractivity contribution in [2.45, 2.75) is 129 Å². The van der Waals surface area contributed by atoms with Gasteiger partial charge in [-0.05, 0) is 85.5 Å². The number of ether oxygens (including phenoxy) is 2. The molecule has 3 fully saturated rings. The average Bonchev–Trinajstić information content (AvgIpc) is 3.02. The molecule has 11 heteroatoms. The Morgan fingerprint density at radius 3 is 2.30 bits per heavy atom. The van der Waals surface area contributed by atoms with E-state index >= 15 is 0 Å². The lowest BCUT2D eigenvalue weighted by atomic mass is 9.36. The second-order valence-electron chi connectivity index (χ2n) is 16.5. The largest absolute Gasteiger partial charge is 0.432 e. The van der Waals surface area contributed by atoms with Crippen molar-refractivity contribution < 1.29 is 54.8 Å². The van der Waals surface area contributed by atoms with E-state index in [4.69, 9.17) is 9.47 Å². The number of rotatable bonds is 8. The van der Waals surface area contributed by atoms with Gasteiger partial charge >= 0.3 is 5.97 Å². The molecule has 1 saturated heterocycles. The van der Waals surface area contributed by atoms with Gasteiger partial charge in [0.25, 0.3) is 0 Å². The molecule has 0 spiro atoms. The van der Waals surface area contributed by atoms with Gasteiger partial charge in [0.05, 0.1) is 30.8 Å². The molecular weight excluding hydrogens is 608 g/mol. The maximum Gasteiger partial charge on any atom is 0.318 e. The van der Waals surface area contributed by atoms with Crippen LogP contribution in [0, 0.1) is 44.8 Å². The van der Waals surface area contributed by atoms with Crippen LogP contribution in [0.2, 0.25) is 0 Å². The minimum Gasteiger partial charge on any atom is -0.432 e. The Kier molecular flexibility index (Phi) is 9.78.